The first-order valence-corrected chi connectivity index (χ1v) is 5.33. The molecule has 18 heavy (non-hydrogen) atoms. The third-order valence-electron chi connectivity index (χ3n) is 2.66. The largest absolute Gasteiger partial charge is 0.465 e. The van der Waals surface area contributed by atoms with Gasteiger partial charge in [0.2, 0.25) is 0 Å². The van der Waals surface area contributed by atoms with E-state index in [2.05, 4.69) is 14.7 Å². The molecule has 0 saturated carbocycles. The van der Waals surface area contributed by atoms with Crippen LogP contribution in [0.2, 0.25) is 0 Å². The SMILES string of the molecule is COC(=O)c1ccnc(-c2ncc(CO)n2C)c1. The molecule has 6 nitrogen and oxygen atoms in total. The highest BCUT2D eigenvalue weighted by Crippen LogP contribution is 2.17. The fourth-order valence-corrected chi connectivity index (χ4v) is 1.63. The lowest BCUT2D eigenvalue weighted by Crippen LogP contribution is -2.04. The average molecular weight is 247 g/mol. The van der Waals surface area contributed by atoms with E-state index in [1.807, 2.05) is 0 Å². The zero-order valence-corrected chi connectivity index (χ0v) is 10.1. The van der Waals surface area contributed by atoms with Crippen molar-refractivity contribution in [3.8, 4) is 11.5 Å². The summed E-state index contributed by atoms with van der Waals surface area (Å²) in [5.74, 6) is 0.167. The van der Waals surface area contributed by atoms with Crippen LogP contribution >= 0.6 is 0 Å². The average Bonchev–Trinajstić information content (AvgIpc) is 2.79. The van der Waals surface area contributed by atoms with Gasteiger partial charge in [0, 0.05) is 13.2 Å². The molecule has 0 atom stereocenters. The van der Waals surface area contributed by atoms with Gasteiger partial charge in [0.1, 0.15) is 5.69 Å². The number of imidazole rings is 1. The van der Waals surface area contributed by atoms with Gasteiger partial charge in [-0.05, 0) is 12.1 Å². The van der Waals surface area contributed by atoms with Gasteiger partial charge < -0.3 is 14.4 Å². The van der Waals surface area contributed by atoms with Crippen LogP contribution in [0.25, 0.3) is 11.5 Å². The van der Waals surface area contributed by atoms with Gasteiger partial charge in [-0.1, -0.05) is 0 Å². The molecule has 0 spiro atoms. The van der Waals surface area contributed by atoms with Gasteiger partial charge in [-0.25, -0.2) is 9.78 Å². The molecule has 0 unspecified atom stereocenters. The van der Waals surface area contributed by atoms with Gasteiger partial charge >= 0.3 is 5.97 Å². The third kappa shape index (κ3) is 2.10. The second-order valence-electron chi connectivity index (χ2n) is 3.71. The molecule has 0 amide bonds. The molecule has 0 aliphatic carbocycles. The van der Waals surface area contributed by atoms with Crippen LogP contribution in [0.4, 0.5) is 0 Å². The zero-order valence-electron chi connectivity index (χ0n) is 10.1. The summed E-state index contributed by atoms with van der Waals surface area (Å²) < 4.78 is 6.38. The topological polar surface area (TPSA) is 77.2 Å². The van der Waals surface area contributed by atoms with Gasteiger partial charge in [-0.2, -0.15) is 0 Å². The number of aliphatic hydroxyl groups excluding tert-OH is 1. The van der Waals surface area contributed by atoms with Crippen LogP contribution in [0.1, 0.15) is 16.1 Å². The fraction of sp³-hybridized carbons (Fsp3) is 0.250. The van der Waals surface area contributed by atoms with Gasteiger partial charge in [-0.3, -0.25) is 4.98 Å². The van der Waals surface area contributed by atoms with E-state index >= 15 is 0 Å². The van der Waals surface area contributed by atoms with Crippen molar-refractivity contribution in [2.24, 2.45) is 7.05 Å². The molecule has 94 valence electrons. The standard InChI is InChI=1S/C12H13N3O3/c1-15-9(7-16)6-14-11(15)10-5-8(3-4-13-10)12(17)18-2/h3-6,16H,7H2,1-2H3. The first-order valence-electron chi connectivity index (χ1n) is 5.33. The maximum Gasteiger partial charge on any atom is 0.337 e. The minimum absolute atomic E-state index is 0.0970. The number of hydrogen-bond donors (Lipinski definition) is 1. The van der Waals surface area contributed by atoms with Crippen molar-refractivity contribution >= 4 is 5.97 Å². The van der Waals surface area contributed by atoms with Crippen LogP contribution in [0, 0.1) is 0 Å². The van der Waals surface area contributed by atoms with Gasteiger partial charge in [0.05, 0.1) is 31.2 Å². The van der Waals surface area contributed by atoms with Crippen molar-refractivity contribution in [2.75, 3.05) is 7.11 Å². The Bertz CT molecular complexity index is 578. The quantitative estimate of drug-likeness (QED) is 0.810. The minimum Gasteiger partial charge on any atom is -0.465 e. The Morgan fingerprint density at radius 2 is 2.28 bits per heavy atom. The lowest BCUT2D eigenvalue weighted by molar-refractivity contribution is 0.0600. The van der Waals surface area contributed by atoms with E-state index in [0.717, 1.165) is 0 Å². The predicted octanol–water partition coefficient (Wildman–Crippen LogP) is 0.761. The van der Waals surface area contributed by atoms with Crippen LogP contribution in [-0.2, 0) is 18.4 Å². The van der Waals surface area contributed by atoms with Crippen LogP contribution < -0.4 is 0 Å². The summed E-state index contributed by atoms with van der Waals surface area (Å²) in [4.78, 5) is 19.8. The maximum absolute atomic E-state index is 11.4. The summed E-state index contributed by atoms with van der Waals surface area (Å²) in [7, 11) is 3.10. The van der Waals surface area contributed by atoms with Crippen molar-refractivity contribution in [1.29, 1.82) is 0 Å². The summed E-state index contributed by atoms with van der Waals surface area (Å²) in [6, 6.07) is 3.18. The Balaban J connectivity index is 2.44. The normalized spacial score (nSPS) is 10.4. The van der Waals surface area contributed by atoms with Crippen molar-refractivity contribution < 1.29 is 14.6 Å². The van der Waals surface area contributed by atoms with E-state index in [-0.39, 0.29) is 6.61 Å². The van der Waals surface area contributed by atoms with Crippen molar-refractivity contribution in [3.63, 3.8) is 0 Å². The number of aliphatic hydroxyl groups is 1. The highest BCUT2D eigenvalue weighted by molar-refractivity contribution is 5.90. The van der Waals surface area contributed by atoms with Crippen molar-refractivity contribution in [2.45, 2.75) is 6.61 Å². The molecule has 2 aromatic rings. The maximum atomic E-state index is 11.4. The predicted molar refractivity (Wildman–Crippen MR) is 63.7 cm³/mol. The second kappa shape index (κ2) is 4.97. The molecule has 2 aromatic heterocycles. The van der Waals surface area contributed by atoms with E-state index in [1.165, 1.54) is 13.3 Å². The van der Waals surface area contributed by atoms with Crippen LogP contribution in [0.15, 0.2) is 24.5 Å². The van der Waals surface area contributed by atoms with Crippen LogP contribution in [0.5, 0.6) is 0 Å². The first kappa shape index (κ1) is 12.3. The Morgan fingerprint density at radius 3 is 2.89 bits per heavy atom. The number of carbonyl (C=O) groups is 1. The van der Waals surface area contributed by atoms with E-state index in [0.29, 0.717) is 22.8 Å². The number of carbonyl (C=O) groups excluding carboxylic acids is 1. The Kier molecular flexibility index (Phi) is 3.38. The van der Waals surface area contributed by atoms with Crippen LogP contribution in [0.3, 0.4) is 0 Å². The Labute approximate surface area is 104 Å². The van der Waals surface area contributed by atoms with E-state index in [4.69, 9.17) is 5.11 Å². The monoisotopic (exact) mass is 247 g/mol. The molecule has 0 radical (unpaired) electrons. The summed E-state index contributed by atoms with van der Waals surface area (Å²) in [6.45, 7) is -0.0970. The minimum atomic E-state index is -0.421. The molecule has 0 aliphatic heterocycles. The number of esters is 1. The highest BCUT2D eigenvalue weighted by atomic mass is 16.5. The van der Waals surface area contributed by atoms with Gasteiger partial charge in [0.25, 0.3) is 0 Å². The lowest BCUT2D eigenvalue weighted by atomic mass is 10.2. The number of pyridine rings is 1. The van der Waals surface area contributed by atoms with Crippen LogP contribution in [-0.4, -0.2) is 32.7 Å². The summed E-state index contributed by atoms with van der Waals surface area (Å²) in [5.41, 5.74) is 1.64. The molecule has 2 heterocycles. The van der Waals surface area contributed by atoms with E-state index < -0.39 is 5.97 Å². The van der Waals surface area contributed by atoms with E-state index in [1.54, 1.807) is 29.9 Å². The number of aromatic nitrogens is 3. The molecule has 0 fully saturated rings. The number of nitrogens with zero attached hydrogens (tertiary/aromatic N) is 3. The zero-order chi connectivity index (χ0) is 13.1. The third-order valence-corrected chi connectivity index (χ3v) is 2.66. The summed E-state index contributed by atoms with van der Waals surface area (Å²) >= 11 is 0. The highest BCUT2D eigenvalue weighted by Gasteiger charge is 2.12. The number of ether oxygens (including phenoxy) is 1. The van der Waals surface area contributed by atoms with Gasteiger partial charge in [-0.15, -0.1) is 0 Å². The molecule has 1 N–H and O–H groups in total. The fourth-order valence-electron chi connectivity index (χ4n) is 1.63. The number of hydrogen-bond acceptors (Lipinski definition) is 5. The molecule has 0 aliphatic rings. The number of methoxy groups -OCH3 is 1. The van der Waals surface area contributed by atoms with E-state index in [9.17, 15) is 4.79 Å². The Hall–Kier alpha value is -2.21. The lowest BCUT2D eigenvalue weighted by Gasteiger charge is -2.05. The number of rotatable bonds is 3. The molecular formula is C12H13N3O3. The van der Waals surface area contributed by atoms with Crippen molar-refractivity contribution in [1.82, 2.24) is 14.5 Å². The molecule has 0 aromatic carbocycles. The molecular weight excluding hydrogens is 234 g/mol. The molecule has 0 saturated heterocycles. The second-order valence-corrected chi connectivity index (χ2v) is 3.71. The first-order chi connectivity index (χ1) is 8.67. The molecule has 6 heteroatoms. The summed E-state index contributed by atoms with van der Waals surface area (Å²) in [5, 5.41) is 9.10. The molecule has 2 rings (SSSR count). The summed E-state index contributed by atoms with van der Waals surface area (Å²) in [6.07, 6.45) is 3.09. The molecule has 0 bridgehead atoms. The Morgan fingerprint density at radius 1 is 1.50 bits per heavy atom. The smallest absolute Gasteiger partial charge is 0.337 e. The van der Waals surface area contributed by atoms with Gasteiger partial charge in [0.15, 0.2) is 5.82 Å². The van der Waals surface area contributed by atoms with Crippen molar-refractivity contribution in [3.05, 3.63) is 35.8 Å².